The van der Waals surface area contributed by atoms with Crippen LogP contribution >= 0.6 is 0 Å². The molecule has 17 heavy (non-hydrogen) atoms. The molecule has 2 N–H and O–H groups in total. The quantitative estimate of drug-likeness (QED) is 0.805. The van der Waals surface area contributed by atoms with Gasteiger partial charge >= 0.3 is 0 Å². The van der Waals surface area contributed by atoms with Crippen LogP contribution in [0.2, 0.25) is 0 Å². The fraction of sp³-hybridized carbons (Fsp3) is 0.182. The van der Waals surface area contributed by atoms with Crippen molar-refractivity contribution in [3.8, 4) is 5.75 Å². The molecule has 0 aliphatic carbocycles. The molecule has 1 aromatic heterocycles. The number of rotatable bonds is 3. The van der Waals surface area contributed by atoms with Gasteiger partial charge in [-0.1, -0.05) is 0 Å². The highest BCUT2D eigenvalue weighted by Crippen LogP contribution is 2.09. The molecule has 6 nitrogen and oxygen atoms in total. The minimum Gasteiger partial charge on any atom is -0.508 e. The van der Waals surface area contributed by atoms with Gasteiger partial charge in [0.25, 0.3) is 5.91 Å². The van der Waals surface area contributed by atoms with Crippen molar-refractivity contribution in [2.45, 2.75) is 6.54 Å². The first-order valence-corrected chi connectivity index (χ1v) is 5.07. The zero-order valence-electron chi connectivity index (χ0n) is 9.29. The smallest absolute Gasteiger partial charge is 0.251 e. The molecule has 0 aliphatic rings. The zero-order chi connectivity index (χ0) is 12.3. The van der Waals surface area contributed by atoms with Crippen LogP contribution in [0.3, 0.4) is 0 Å². The van der Waals surface area contributed by atoms with E-state index in [1.165, 1.54) is 12.1 Å². The Morgan fingerprint density at radius 3 is 2.71 bits per heavy atom. The number of hydrogen-bond acceptors (Lipinski definition) is 4. The van der Waals surface area contributed by atoms with Crippen LogP contribution in [0.4, 0.5) is 0 Å². The monoisotopic (exact) mass is 232 g/mol. The number of benzene rings is 1. The summed E-state index contributed by atoms with van der Waals surface area (Å²) in [6.07, 6.45) is 1.57. The first-order chi connectivity index (χ1) is 8.15. The molecule has 0 fully saturated rings. The van der Waals surface area contributed by atoms with E-state index in [0.29, 0.717) is 11.4 Å². The topological polar surface area (TPSA) is 80.0 Å². The predicted octanol–water partition coefficient (Wildman–Crippen LogP) is 0.451. The molecule has 1 amide bonds. The molecule has 0 spiro atoms. The minimum atomic E-state index is -0.225. The van der Waals surface area contributed by atoms with Crippen molar-refractivity contribution in [1.82, 2.24) is 20.1 Å². The van der Waals surface area contributed by atoms with Crippen molar-refractivity contribution in [3.63, 3.8) is 0 Å². The van der Waals surface area contributed by atoms with Crippen molar-refractivity contribution < 1.29 is 9.90 Å². The number of carbonyl (C=O) groups excluding carboxylic acids is 1. The van der Waals surface area contributed by atoms with E-state index in [0.717, 1.165) is 0 Å². The van der Waals surface area contributed by atoms with Crippen LogP contribution in [0.25, 0.3) is 0 Å². The summed E-state index contributed by atoms with van der Waals surface area (Å²) in [6.45, 7) is 0.278. The van der Waals surface area contributed by atoms with Gasteiger partial charge in [-0.05, 0) is 24.3 Å². The lowest BCUT2D eigenvalue weighted by molar-refractivity contribution is 0.0950. The van der Waals surface area contributed by atoms with Gasteiger partial charge in [0.1, 0.15) is 12.1 Å². The first kappa shape index (κ1) is 11.1. The van der Waals surface area contributed by atoms with Crippen molar-refractivity contribution in [1.29, 1.82) is 0 Å². The van der Waals surface area contributed by atoms with Gasteiger partial charge in [0.2, 0.25) is 0 Å². The largest absolute Gasteiger partial charge is 0.508 e. The van der Waals surface area contributed by atoms with Crippen molar-refractivity contribution >= 4 is 5.91 Å². The third kappa shape index (κ3) is 2.81. The molecule has 0 atom stereocenters. The van der Waals surface area contributed by atoms with Crippen molar-refractivity contribution in [2.24, 2.45) is 7.05 Å². The van der Waals surface area contributed by atoms with Crippen LogP contribution in [0.5, 0.6) is 5.75 Å². The van der Waals surface area contributed by atoms with E-state index < -0.39 is 0 Å². The summed E-state index contributed by atoms with van der Waals surface area (Å²) < 4.78 is 1.57. The summed E-state index contributed by atoms with van der Waals surface area (Å²) in [5.41, 5.74) is 0.485. The SMILES string of the molecule is Cn1cnc(CNC(=O)c2ccc(O)cc2)n1. The lowest BCUT2D eigenvalue weighted by Gasteiger charge is -2.02. The van der Waals surface area contributed by atoms with Crippen LogP contribution in [0, 0.1) is 0 Å². The minimum absolute atomic E-state index is 0.132. The average Bonchev–Trinajstić information content (AvgIpc) is 2.73. The number of phenols is 1. The van der Waals surface area contributed by atoms with E-state index in [-0.39, 0.29) is 18.2 Å². The normalized spacial score (nSPS) is 10.2. The number of aromatic hydroxyl groups is 1. The van der Waals surface area contributed by atoms with Crippen molar-refractivity contribution in [3.05, 3.63) is 42.0 Å². The molecule has 2 rings (SSSR count). The summed E-state index contributed by atoms with van der Waals surface area (Å²) in [7, 11) is 1.76. The number of hydrogen-bond donors (Lipinski definition) is 2. The Morgan fingerprint density at radius 2 is 2.12 bits per heavy atom. The fourth-order valence-electron chi connectivity index (χ4n) is 1.34. The first-order valence-electron chi connectivity index (χ1n) is 5.07. The Balaban J connectivity index is 1.95. The van der Waals surface area contributed by atoms with E-state index in [2.05, 4.69) is 15.4 Å². The van der Waals surface area contributed by atoms with Gasteiger partial charge in [-0.3, -0.25) is 9.48 Å². The van der Waals surface area contributed by atoms with E-state index in [1.807, 2.05) is 0 Å². The number of aromatic nitrogens is 3. The lowest BCUT2D eigenvalue weighted by atomic mass is 10.2. The van der Waals surface area contributed by atoms with Crippen LogP contribution in [-0.4, -0.2) is 25.8 Å². The Bertz CT molecular complexity index is 519. The van der Waals surface area contributed by atoms with Gasteiger partial charge in [-0.15, -0.1) is 0 Å². The van der Waals surface area contributed by atoms with Crippen LogP contribution in [0.1, 0.15) is 16.2 Å². The summed E-state index contributed by atoms with van der Waals surface area (Å²) >= 11 is 0. The maximum atomic E-state index is 11.7. The molecule has 6 heteroatoms. The fourth-order valence-corrected chi connectivity index (χ4v) is 1.34. The number of carbonyl (C=O) groups is 1. The second-order valence-corrected chi connectivity index (χ2v) is 3.56. The molecule has 0 aliphatic heterocycles. The number of aryl methyl sites for hydroxylation is 1. The Kier molecular flexibility index (Phi) is 3.04. The number of amides is 1. The molecule has 2 aromatic rings. The number of nitrogens with zero attached hydrogens (tertiary/aromatic N) is 3. The van der Waals surface area contributed by atoms with E-state index in [4.69, 9.17) is 5.11 Å². The third-order valence-electron chi connectivity index (χ3n) is 2.18. The maximum absolute atomic E-state index is 11.7. The Hall–Kier alpha value is -2.37. The number of nitrogens with one attached hydrogen (secondary N) is 1. The number of phenolic OH excluding ortho intramolecular Hbond substituents is 1. The highest BCUT2D eigenvalue weighted by Gasteiger charge is 2.06. The summed E-state index contributed by atoms with van der Waals surface area (Å²) in [6, 6.07) is 6.04. The van der Waals surface area contributed by atoms with Crippen LogP contribution < -0.4 is 5.32 Å². The molecular weight excluding hydrogens is 220 g/mol. The van der Waals surface area contributed by atoms with Gasteiger partial charge in [-0.25, -0.2) is 4.98 Å². The second-order valence-electron chi connectivity index (χ2n) is 3.56. The summed E-state index contributed by atoms with van der Waals surface area (Å²) in [4.78, 5) is 15.7. The van der Waals surface area contributed by atoms with Gasteiger partial charge in [-0.2, -0.15) is 5.10 Å². The van der Waals surface area contributed by atoms with Gasteiger partial charge in [0.05, 0.1) is 6.54 Å². The maximum Gasteiger partial charge on any atom is 0.251 e. The zero-order valence-corrected chi connectivity index (χ0v) is 9.29. The van der Waals surface area contributed by atoms with E-state index in [9.17, 15) is 4.79 Å². The predicted molar refractivity (Wildman–Crippen MR) is 60.3 cm³/mol. The second kappa shape index (κ2) is 4.65. The molecule has 0 saturated carbocycles. The molecular formula is C11H12N4O2. The van der Waals surface area contributed by atoms with E-state index in [1.54, 1.807) is 30.2 Å². The third-order valence-corrected chi connectivity index (χ3v) is 2.18. The van der Waals surface area contributed by atoms with E-state index >= 15 is 0 Å². The molecule has 0 unspecified atom stereocenters. The Morgan fingerprint density at radius 1 is 1.41 bits per heavy atom. The molecule has 0 saturated heterocycles. The molecule has 0 radical (unpaired) electrons. The molecule has 1 heterocycles. The molecule has 0 bridgehead atoms. The van der Waals surface area contributed by atoms with Gasteiger partial charge in [0.15, 0.2) is 5.82 Å². The van der Waals surface area contributed by atoms with Gasteiger partial charge < -0.3 is 10.4 Å². The van der Waals surface area contributed by atoms with Gasteiger partial charge in [0, 0.05) is 12.6 Å². The Labute approximate surface area is 97.9 Å². The summed E-state index contributed by atoms with van der Waals surface area (Å²) in [5.74, 6) is 0.463. The van der Waals surface area contributed by atoms with Crippen LogP contribution in [-0.2, 0) is 13.6 Å². The summed E-state index contributed by atoms with van der Waals surface area (Å²) in [5, 5.41) is 15.8. The van der Waals surface area contributed by atoms with Crippen LogP contribution in [0.15, 0.2) is 30.6 Å². The molecule has 1 aromatic carbocycles. The highest BCUT2D eigenvalue weighted by atomic mass is 16.3. The molecule has 88 valence electrons. The highest BCUT2D eigenvalue weighted by molar-refractivity contribution is 5.94. The standard InChI is InChI=1S/C11H12N4O2/c1-15-7-13-10(14-15)6-12-11(17)8-2-4-9(16)5-3-8/h2-5,7,16H,6H2,1H3,(H,12,17). The van der Waals surface area contributed by atoms with Crippen molar-refractivity contribution in [2.75, 3.05) is 0 Å². The lowest BCUT2D eigenvalue weighted by Crippen LogP contribution is -2.23. The average molecular weight is 232 g/mol.